The Morgan fingerprint density at radius 1 is 1.00 bits per heavy atom. The van der Waals surface area contributed by atoms with Crippen molar-refractivity contribution in [1.82, 2.24) is 14.4 Å². The Hall–Kier alpha value is -2.89. The molecule has 0 radical (unpaired) electrons. The van der Waals surface area contributed by atoms with E-state index in [1.165, 1.54) is 0 Å². The van der Waals surface area contributed by atoms with E-state index < -0.39 is 6.04 Å². The highest BCUT2D eigenvalue weighted by Gasteiger charge is 2.43. The van der Waals surface area contributed by atoms with Crippen molar-refractivity contribution < 1.29 is 9.59 Å². The number of carbonyl (C=O) groups is 2. The smallest absolute Gasteiger partial charge is 0.255 e. The third-order valence-corrected chi connectivity index (χ3v) is 6.86. The Balaban J connectivity index is 1.41. The van der Waals surface area contributed by atoms with E-state index in [2.05, 4.69) is 0 Å². The van der Waals surface area contributed by atoms with Gasteiger partial charge in [0.1, 0.15) is 6.04 Å². The van der Waals surface area contributed by atoms with E-state index in [9.17, 15) is 14.4 Å². The molecule has 30 heavy (non-hydrogen) atoms. The normalized spacial score (nSPS) is 23.4. The Kier molecular flexibility index (Phi) is 4.53. The number of fused-ring (bicyclic) bond motifs is 5. The van der Waals surface area contributed by atoms with Crippen LogP contribution in [0.25, 0.3) is 0 Å². The Morgan fingerprint density at radius 3 is 2.57 bits per heavy atom. The van der Waals surface area contributed by atoms with Crippen LogP contribution in [0.1, 0.15) is 47.8 Å². The zero-order chi connectivity index (χ0) is 21.0. The lowest BCUT2D eigenvalue weighted by molar-refractivity contribution is -0.140. The highest BCUT2D eigenvalue weighted by Crippen LogP contribution is 2.36. The topological polar surface area (TPSA) is 62.6 Å². The largest absolute Gasteiger partial charge is 0.340 e. The minimum absolute atomic E-state index is 0.0208. The molecule has 0 spiro atoms. The van der Waals surface area contributed by atoms with Gasteiger partial charge >= 0.3 is 0 Å². The van der Waals surface area contributed by atoms with Gasteiger partial charge in [-0.05, 0) is 36.0 Å². The molecule has 1 aromatic carbocycles. The first-order valence-corrected chi connectivity index (χ1v) is 10.8. The third-order valence-electron chi connectivity index (χ3n) is 6.86. The molecular formula is C24H27N3O3. The standard InChI is InChI=1S/C24H27N3O3/c1-15(2)22(27-14-17-6-3-4-7-19(17)23(27)29)24(30)25-11-16-10-18(13-25)20-8-5-9-21(28)26(20)12-16/h3-9,15-16,18,22H,10-14H2,1-2H3/t16-,18+,22+/m0/s1. The fraction of sp³-hybridized carbons (Fsp3) is 0.458. The minimum atomic E-state index is -0.471. The highest BCUT2D eigenvalue weighted by molar-refractivity contribution is 6.01. The van der Waals surface area contributed by atoms with E-state index in [1.54, 1.807) is 11.0 Å². The second kappa shape index (κ2) is 7.11. The van der Waals surface area contributed by atoms with Crippen LogP contribution >= 0.6 is 0 Å². The molecule has 4 heterocycles. The van der Waals surface area contributed by atoms with Crippen molar-refractivity contribution in [3.63, 3.8) is 0 Å². The Bertz CT molecular complexity index is 1070. The second-order valence-electron chi connectivity index (χ2n) is 9.22. The van der Waals surface area contributed by atoms with Gasteiger partial charge in [-0.3, -0.25) is 14.4 Å². The van der Waals surface area contributed by atoms with Gasteiger partial charge in [0.25, 0.3) is 11.5 Å². The molecule has 0 saturated carbocycles. The van der Waals surface area contributed by atoms with Gasteiger partial charge in [-0.15, -0.1) is 0 Å². The molecule has 1 saturated heterocycles. The van der Waals surface area contributed by atoms with Crippen LogP contribution in [-0.2, 0) is 17.9 Å². The molecule has 2 aromatic rings. The van der Waals surface area contributed by atoms with Gasteiger partial charge in [0.05, 0.1) is 0 Å². The molecule has 2 amide bonds. The number of likely N-dealkylation sites (tertiary alicyclic amines) is 1. The molecule has 3 aliphatic heterocycles. The molecule has 6 nitrogen and oxygen atoms in total. The Morgan fingerprint density at radius 2 is 1.80 bits per heavy atom. The molecule has 0 aliphatic carbocycles. The van der Waals surface area contributed by atoms with E-state index in [0.717, 1.165) is 17.7 Å². The maximum atomic E-state index is 13.7. The summed E-state index contributed by atoms with van der Waals surface area (Å²) in [5, 5.41) is 0. The van der Waals surface area contributed by atoms with Gasteiger partial charge in [0, 0.05) is 49.4 Å². The maximum absolute atomic E-state index is 13.7. The first-order chi connectivity index (χ1) is 14.4. The minimum Gasteiger partial charge on any atom is -0.340 e. The number of nitrogens with zero attached hydrogens (tertiary/aromatic N) is 3. The van der Waals surface area contributed by atoms with Crippen LogP contribution in [0.15, 0.2) is 47.3 Å². The van der Waals surface area contributed by atoms with Crippen molar-refractivity contribution in [3.05, 3.63) is 69.6 Å². The van der Waals surface area contributed by atoms with Crippen molar-refractivity contribution in [1.29, 1.82) is 0 Å². The maximum Gasteiger partial charge on any atom is 0.255 e. The van der Waals surface area contributed by atoms with Crippen LogP contribution in [0, 0.1) is 11.8 Å². The van der Waals surface area contributed by atoms with E-state index in [4.69, 9.17) is 0 Å². The van der Waals surface area contributed by atoms with Crippen molar-refractivity contribution in [3.8, 4) is 0 Å². The average molecular weight is 405 g/mol. The molecular weight excluding hydrogens is 378 g/mol. The van der Waals surface area contributed by atoms with Gasteiger partial charge in [-0.2, -0.15) is 0 Å². The summed E-state index contributed by atoms with van der Waals surface area (Å²) in [7, 11) is 0. The fourth-order valence-corrected chi connectivity index (χ4v) is 5.54. The summed E-state index contributed by atoms with van der Waals surface area (Å²) in [6, 6.07) is 12.6. The summed E-state index contributed by atoms with van der Waals surface area (Å²) in [4.78, 5) is 42.7. The number of benzene rings is 1. The first kappa shape index (κ1) is 19.1. The molecule has 1 aromatic heterocycles. The van der Waals surface area contributed by atoms with E-state index in [1.807, 2.05) is 59.7 Å². The molecule has 0 unspecified atom stereocenters. The summed E-state index contributed by atoms with van der Waals surface area (Å²) < 4.78 is 1.88. The fourth-order valence-electron chi connectivity index (χ4n) is 5.54. The number of hydrogen-bond acceptors (Lipinski definition) is 3. The number of aromatic nitrogens is 1. The monoisotopic (exact) mass is 405 g/mol. The lowest BCUT2D eigenvalue weighted by atomic mass is 9.82. The summed E-state index contributed by atoms with van der Waals surface area (Å²) >= 11 is 0. The quantitative estimate of drug-likeness (QED) is 0.788. The molecule has 2 bridgehead atoms. The average Bonchev–Trinajstić information content (AvgIpc) is 3.05. The second-order valence-corrected chi connectivity index (χ2v) is 9.22. The number of amides is 2. The van der Waals surface area contributed by atoms with Crippen molar-refractivity contribution >= 4 is 11.8 Å². The Labute approximate surface area is 176 Å². The van der Waals surface area contributed by atoms with Crippen molar-refractivity contribution in [2.24, 2.45) is 11.8 Å². The zero-order valence-electron chi connectivity index (χ0n) is 17.5. The predicted octanol–water partition coefficient (Wildman–Crippen LogP) is 2.47. The van der Waals surface area contributed by atoms with Crippen LogP contribution < -0.4 is 5.56 Å². The molecule has 5 rings (SSSR count). The van der Waals surface area contributed by atoms with Gasteiger partial charge in [0.2, 0.25) is 5.91 Å². The number of rotatable bonds is 3. The van der Waals surface area contributed by atoms with Crippen molar-refractivity contribution in [2.75, 3.05) is 13.1 Å². The van der Waals surface area contributed by atoms with Gasteiger partial charge in [-0.1, -0.05) is 38.1 Å². The highest BCUT2D eigenvalue weighted by atomic mass is 16.2. The molecule has 3 aliphatic rings. The first-order valence-electron chi connectivity index (χ1n) is 10.8. The molecule has 0 N–H and O–H groups in total. The summed E-state index contributed by atoms with van der Waals surface area (Å²) in [5.41, 5.74) is 2.77. The van der Waals surface area contributed by atoms with Crippen LogP contribution in [0.4, 0.5) is 0 Å². The third kappa shape index (κ3) is 2.97. The van der Waals surface area contributed by atoms with Crippen molar-refractivity contribution in [2.45, 2.75) is 45.3 Å². The molecule has 3 atom stereocenters. The van der Waals surface area contributed by atoms with E-state index >= 15 is 0 Å². The molecule has 6 heteroatoms. The predicted molar refractivity (Wildman–Crippen MR) is 113 cm³/mol. The summed E-state index contributed by atoms with van der Waals surface area (Å²) in [5.74, 6) is 0.459. The lowest BCUT2D eigenvalue weighted by Crippen LogP contribution is -2.56. The SMILES string of the molecule is CC(C)[C@H](C(=O)N1C[C@@H]2C[C@H](C1)c1cccc(=O)n1C2)N1Cc2ccccc2C1=O. The molecule has 156 valence electrons. The number of carbonyl (C=O) groups excluding carboxylic acids is 2. The summed E-state index contributed by atoms with van der Waals surface area (Å²) in [6.45, 7) is 6.43. The van der Waals surface area contributed by atoms with Crippen LogP contribution in [0.3, 0.4) is 0 Å². The number of hydrogen-bond donors (Lipinski definition) is 0. The van der Waals surface area contributed by atoms with E-state index in [0.29, 0.717) is 31.7 Å². The van der Waals surface area contributed by atoms with Gasteiger partial charge in [0.15, 0.2) is 0 Å². The number of piperidine rings is 1. The van der Waals surface area contributed by atoms with Gasteiger partial charge < -0.3 is 14.4 Å². The van der Waals surface area contributed by atoms with Crippen LogP contribution in [-0.4, -0.2) is 45.3 Å². The van der Waals surface area contributed by atoms with Crippen LogP contribution in [0.2, 0.25) is 0 Å². The van der Waals surface area contributed by atoms with Gasteiger partial charge in [-0.25, -0.2) is 0 Å². The number of pyridine rings is 1. The summed E-state index contributed by atoms with van der Waals surface area (Å²) in [6.07, 6.45) is 1.01. The molecule has 1 fully saturated rings. The zero-order valence-corrected chi connectivity index (χ0v) is 17.5. The lowest BCUT2D eigenvalue weighted by Gasteiger charge is -2.45. The van der Waals surface area contributed by atoms with E-state index in [-0.39, 0.29) is 35.1 Å². The van der Waals surface area contributed by atoms with Crippen LogP contribution in [0.5, 0.6) is 0 Å².